The Balaban J connectivity index is 2.02. The van der Waals surface area contributed by atoms with Gasteiger partial charge in [0, 0.05) is 12.7 Å². The summed E-state index contributed by atoms with van der Waals surface area (Å²) in [7, 11) is 0. The van der Waals surface area contributed by atoms with Crippen molar-refractivity contribution in [3.8, 4) is 0 Å². The molecule has 24 heavy (non-hydrogen) atoms. The Kier molecular flexibility index (Phi) is 4.39. The minimum Gasteiger partial charge on any atom is -0.319 e. The van der Waals surface area contributed by atoms with Gasteiger partial charge in [-0.3, -0.25) is 4.98 Å². The van der Waals surface area contributed by atoms with Crippen LogP contribution in [0.2, 0.25) is 0 Å². The standard InChI is InChI=1S/C19H22N4S/c1-14(2)13-22-18(24)23(16-10-8-15(3)9-11-16)21-19(22,4)17-7-5-6-12-20-17/h5-12,21H,1,13H2,2-4H3. The Morgan fingerprint density at radius 2 is 1.96 bits per heavy atom. The monoisotopic (exact) mass is 338 g/mol. The van der Waals surface area contributed by atoms with Crippen molar-refractivity contribution >= 4 is 23.0 Å². The molecule has 2 heterocycles. The highest BCUT2D eigenvalue weighted by atomic mass is 32.1. The lowest BCUT2D eigenvalue weighted by Crippen LogP contribution is -2.48. The fraction of sp³-hybridized carbons (Fsp3) is 0.263. The van der Waals surface area contributed by atoms with E-state index < -0.39 is 5.66 Å². The van der Waals surface area contributed by atoms with Gasteiger partial charge in [-0.25, -0.2) is 5.01 Å². The van der Waals surface area contributed by atoms with Crippen molar-refractivity contribution in [1.29, 1.82) is 0 Å². The number of hydrazine groups is 1. The maximum absolute atomic E-state index is 5.76. The number of benzene rings is 1. The first kappa shape index (κ1) is 16.6. The topological polar surface area (TPSA) is 31.4 Å². The van der Waals surface area contributed by atoms with Gasteiger partial charge in [0.25, 0.3) is 0 Å². The zero-order valence-electron chi connectivity index (χ0n) is 14.3. The molecule has 1 unspecified atom stereocenters. The molecule has 0 radical (unpaired) electrons. The van der Waals surface area contributed by atoms with Crippen molar-refractivity contribution in [2.75, 3.05) is 11.6 Å². The lowest BCUT2D eigenvalue weighted by Gasteiger charge is -2.33. The number of nitrogens with one attached hydrogen (secondary N) is 1. The van der Waals surface area contributed by atoms with E-state index in [4.69, 9.17) is 12.2 Å². The van der Waals surface area contributed by atoms with Crippen LogP contribution in [0.25, 0.3) is 0 Å². The molecule has 5 heteroatoms. The summed E-state index contributed by atoms with van der Waals surface area (Å²) in [4.78, 5) is 6.68. The molecule has 1 fully saturated rings. The molecule has 1 aromatic heterocycles. The van der Waals surface area contributed by atoms with E-state index in [0.29, 0.717) is 6.54 Å². The first-order valence-electron chi connectivity index (χ1n) is 7.94. The van der Waals surface area contributed by atoms with Gasteiger partial charge in [0.05, 0.1) is 11.4 Å². The SMILES string of the molecule is C=C(C)CN1C(=S)N(c2ccc(C)cc2)NC1(C)c1ccccn1. The summed E-state index contributed by atoms with van der Waals surface area (Å²) in [5.41, 5.74) is 7.21. The Morgan fingerprint density at radius 1 is 1.25 bits per heavy atom. The van der Waals surface area contributed by atoms with E-state index in [-0.39, 0.29) is 0 Å². The van der Waals surface area contributed by atoms with Gasteiger partial charge in [-0.05, 0) is 57.3 Å². The van der Waals surface area contributed by atoms with Crippen LogP contribution in [0.5, 0.6) is 0 Å². The molecule has 0 bridgehead atoms. The minimum absolute atomic E-state index is 0.526. The third-order valence-electron chi connectivity index (χ3n) is 4.18. The highest BCUT2D eigenvalue weighted by molar-refractivity contribution is 7.80. The van der Waals surface area contributed by atoms with Gasteiger partial charge in [-0.15, -0.1) is 0 Å². The largest absolute Gasteiger partial charge is 0.319 e. The average Bonchev–Trinajstić information content (AvgIpc) is 2.82. The van der Waals surface area contributed by atoms with Gasteiger partial charge in [0.2, 0.25) is 0 Å². The van der Waals surface area contributed by atoms with Crippen LogP contribution in [0.4, 0.5) is 5.69 Å². The number of anilines is 1. The maximum atomic E-state index is 5.76. The first-order valence-corrected chi connectivity index (χ1v) is 8.35. The van der Waals surface area contributed by atoms with Crippen molar-refractivity contribution < 1.29 is 0 Å². The van der Waals surface area contributed by atoms with Gasteiger partial charge in [-0.1, -0.05) is 35.9 Å². The Morgan fingerprint density at radius 3 is 2.54 bits per heavy atom. The zero-order chi connectivity index (χ0) is 17.3. The molecule has 1 N–H and O–H groups in total. The van der Waals surface area contributed by atoms with Crippen LogP contribution in [0.3, 0.4) is 0 Å². The van der Waals surface area contributed by atoms with Crippen LogP contribution in [0.1, 0.15) is 25.1 Å². The van der Waals surface area contributed by atoms with E-state index in [1.54, 1.807) is 6.20 Å². The fourth-order valence-electron chi connectivity index (χ4n) is 2.85. The van der Waals surface area contributed by atoms with Crippen LogP contribution < -0.4 is 10.4 Å². The van der Waals surface area contributed by atoms with E-state index in [1.807, 2.05) is 30.1 Å². The second kappa shape index (κ2) is 6.34. The van der Waals surface area contributed by atoms with Crippen LogP contribution in [-0.2, 0) is 5.66 Å². The summed E-state index contributed by atoms with van der Waals surface area (Å²) in [5.74, 6) is 0. The second-order valence-electron chi connectivity index (χ2n) is 6.40. The van der Waals surface area contributed by atoms with Gasteiger partial charge in [-0.2, -0.15) is 5.43 Å². The molecule has 1 saturated heterocycles. The number of hydrogen-bond donors (Lipinski definition) is 1. The minimum atomic E-state index is -0.526. The molecule has 1 aliphatic rings. The van der Waals surface area contributed by atoms with Crippen LogP contribution in [0, 0.1) is 6.92 Å². The molecular weight excluding hydrogens is 316 g/mol. The summed E-state index contributed by atoms with van der Waals surface area (Å²) in [6, 6.07) is 14.2. The molecule has 0 aliphatic carbocycles. The molecule has 1 aromatic carbocycles. The third kappa shape index (κ3) is 2.92. The number of rotatable bonds is 4. The molecule has 1 aliphatic heterocycles. The van der Waals surface area contributed by atoms with E-state index in [9.17, 15) is 0 Å². The average molecular weight is 338 g/mol. The first-order chi connectivity index (χ1) is 11.4. The van der Waals surface area contributed by atoms with Crippen LogP contribution >= 0.6 is 12.2 Å². The second-order valence-corrected chi connectivity index (χ2v) is 6.76. The van der Waals surface area contributed by atoms with E-state index in [1.165, 1.54) is 5.56 Å². The fourth-order valence-corrected chi connectivity index (χ4v) is 3.25. The molecule has 0 spiro atoms. The Hall–Kier alpha value is -2.24. The number of aromatic nitrogens is 1. The number of pyridine rings is 1. The van der Waals surface area contributed by atoms with Gasteiger partial charge in [0.15, 0.2) is 10.8 Å². The van der Waals surface area contributed by atoms with Crippen molar-refractivity contribution in [3.63, 3.8) is 0 Å². The molecule has 0 saturated carbocycles. The summed E-state index contributed by atoms with van der Waals surface area (Å²) in [6.07, 6.45) is 1.80. The molecule has 1 atom stereocenters. The van der Waals surface area contributed by atoms with Crippen molar-refractivity contribution in [2.45, 2.75) is 26.4 Å². The van der Waals surface area contributed by atoms with Gasteiger partial charge in [0.1, 0.15) is 0 Å². The summed E-state index contributed by atoms with van der Waals surface area (Å²) in [5, 5.41) is 2.67. The van der Waals surface area contributed by atoms with E-state index in [0.717, 1.165) is 22.1 Å². The van der Waals surface area contributed by atoms with Crippen molar-refractivity contribution in [2.24, 2.45) is 0 Å². The lowest BCUT2D eigenvalue weighted by molar-refractivity contribution is 0.195. The van der Waals surface area contributed by atoms with E-state index in [2.05, 4.69) is 60.0 Å². The predicted octanol–water partition coefficient (Wildman–Crippen LogP) is 3.75. The molecule has 4 nitrogen and oxygen atoms in total. The zero-order valence-corrected chi connectivity index (χ0v) is 15.1. The molecule has 0 amide bonds. The van der Waals surface area contributed by atoms with Crippen molar-refractivity contribution in [3.05, 3.63) is 72.1 Å². The van der Waals surface area contributed by atoms with Crippen molar-refractivity contribution in [1.82, 2.24) is 15.3 Å². The highest BCUT2D eigenvalue weighted by Gasteiger charge is 2.46. The van der Waals surface area contributed by atoms with Gasteiger partial charge < -0.3 is 4.90 Å². The smallest absolute Gasteiger partial charge is 0.193 e. The molecule has 124 valence electrons. The number of aryl methyl sites for hydroxylation is 1. The summed E-state index contributed by atoms with van der Waals surface area (Å²) in [6.45, 7) is 10.9. The molecule has 2 aromatic rings. The normalized spacial score (nSPS) is 20.5. The van der Waals surface area contributed by atoms with Crippen LogP contribution in [0.15, 0.2) is 60.8 Å². The molecular formula is C19H22N4S. The highest BCUT2D eigenvalue weighted by Crippen LogP contribution is 2.34. The quantitative estimate of drug-likeness (QED) is 0.678. The van der Waals surface area contributed by atoms with Gasteiger partial charge >= 0.3 is 0 Å². The Bertz CT molecular complexity index is 757. The number of hydrogen-bond acceptors (Lipinski definition) is 3. The third-order valence-corrected chi connectivity index (χ3v) is 4.58. The van der Waals surface area contributed by atoms with E-state index >= 15 is 0 Å². The predicted molar refractivity (Wildman–Crippen MR) is 103 cm³/mol. The number of nitrogens with zero attached hydrogens (tertiary/aromatic N) is 3. The summed E-state index contributed by atoms with van der Waals surface area (Å²) >= 11 is 5.76. The molecule has 3 rings (SSSR count). The van der Waals surface area contributed by atoms with Crippen LogP contribution in [-0.4, -0.2) is 21.5 Å². The lowest BCUT2D eigenvalue weighted by atomic mass is 10.1. The number of thiocarbonyl (C=S) groups is 1. The summed E-state index contributed by atoms with van der Waals surface area (Å²) < 4.78 is 0. The Labute approximate surface area is 148 Å². The maximum Gasteiger partial charge on any atom is 0.193 e.